The topological polar surface area (TPSA) is 43.1 Å². The van der Waals surface area contributed by atoms with Gasteiger partial charge in [-0.05, 0) is 39.8 Å². The van der Waals surface area contributed by atoms with Crippen LogP contribution in [0.25, 0.3) is 11.1 Å². The van der Waals surface area contributed by atoms with E-state index in [-0.39, 0.29) is 15.8 Å². The Morgan fingerprint density at radius 1 is 1.29 bits per heavy atom. The average Bonchev–Trinajstić information content (AvgIpc) is 2.81. The van der Waals surface area contributed by atoms with Gasteiger partial charge in [-0.1, -0.05) is 35.5 Å². The minimum absolute atomic E-state index is 0.00642. The minimum atomic E-state index is -0.368. The molecule has 0 spiro atoms. The average molecular weight is 303 g/mol. The number of oxazole rings is 1. The van der Waals surface area contributed by atoms with Crippen molar-refractivity contribution in [3.63, 3.8) is 0 Å². The molecule has 3 nitrogen and oxygen atoms in total. The molecule has 0 amide bonds. The number of fused-ring (bicyclic) bond motifs is 1. The van der Waals surface area contributed by atoms with E-state index in [0.29, 0.717) is 5.89 Å². The van der Waals surface area contributed by atoms with Gasteiger partial charge in [-0.25, -0.2) is 4.98 Å². The number of allylic oxidation sites excluding steroid dienone is 1. The molecular weight excluding hydrogens is 282 g/mol. The van der Waals surface area contributed by atoms with E-state index < -0.39 is 0 Å². The third-order valence-corrected chi connectivity index (χ3v) is 4.65. The van der Waals surface area contributed by atoms with E-state index in [1.165, 1.54) is 17.3 Å². The summed E-state index contributed by atoms with van der Waals surface area (Å²) in [4.78, 5) is 16.2. The molecule has 0 bridgehead atoms. The number of hydrogen-bond donors (Lipinski definition) is 0. The van der Waals surface area contributed by atoms with Gasteiger partial charge in [0, 0.05) is 12.2 Å². The van der Waals surface area contributed by atoms with E-state index >= 15 is 0 Å². The normalized spacial score (nSPS) is 13.2. The van der Waals surface area contributed by atoms with Crippen molar-refractivity contribution in [2.45, 2.75) is 45.3 Å². The number of carbonyl (C=O) groups is 1. The van der Waals surface area contributed by atoms with Gasteiger partial charge in [0.25, 0.3) is 0 Å². The Kier molecular flexibility index (Phi) is 4.57. The van der Waals surface area contributed by atoms with Crippen LogP contribution in [0.4, 0.5) is 0 Å². The molecule has 21 heavy (non-hydrogen) atoms. The molecule has 2 rings (SSSR count). The van der Waals surface area contributed by atoms with Crippen molar-refractivity contribution in [2.24, 2.45) is 0 Å². The molecule has 0 saturated heterocycles. The Labute approximate surface area is 129 Å². The van der Waals surface area contributed by atoms with E-state index in [1.807, 2.05) is 38.1 Å². The molecule has 1 atom stereocenters. The van der Waals surface area contributed by atoms with E-state index in [2.05, 4.69) is 24.9 Å². The standard InChI is InChI=1S/C17H21NO2S/c1-11(2)10-15(21-12(3)19)17(4,5)16-18-13-8-6-7-9-14(13)20-16/h6-10,15H,1-5H3. The van der Waals surface area contributed by atoms with E-state index in [4.69, 9.17) is 4.42 Å². The van der Waals surface area contributed by atoms with Gasteiger partial charge in [0.05, 0.1) is 5.41 Å². The van der Waals surface area contributed by atoms with Crippen LogP contribution in [-0.2, 0) is 10.2 Å². The van der Waals surface area contributed by atoms with Crippen LogP contribution in [0.5, 0.6) is 0 Å². The summed E-state index contributed by atoms with van der Waals surface area (Å²) in [5.74, 6) is 0.667. The van der Waals surface area contributed by atoms with Gasteiger partial charge < -0.3 is 4.42 Å². The number of rotatable bonds is 4. The molecule has 0 aliphatic carbocycles. The van der Waals surface area contributed by atoms with Gasteiger partial charge in [-0.2, -0.15) is 0 Å². The third-order valence-electron chi connectivity index (χ3n) is 3.33. The predicted molar refractivity (Wildman–Crippen MR) is 88.5 cm³/mol. The first-order valence-corrected chi connectivity index (χ1v) is 7.87. The van der Waals surface area contributed by atoms with Crippen LogP contribution in [-0.4, -0.2) is 15.3 Å². The van der Waals surface area contributed by atoms with Gasteiger partial charge in [0.1, 0.15) is 5.52 Å². The zero-order valence-corrected chi connectivity index (χ0v) is 14.0. The van der Waals surface area contributed by atoms with Crippen LogP contribution in [0.2, 0.25) is 0 Å². The lowest BCUT2D eigenvalue weighted by Crippen LogP contribution is -2.31. The monoisotopic (exact) mass is 303 g/mol. The van der Waals surface area contributed by atoms with Gasteiger partial charge in [-0.3, -0.25) is 4.79 Å². The maximum atomic E-state index is 11.6. The maximum absolute atomic E-state index is 11.6. The number of nitrogens with zero attached hydrogens (tertiary/aromatic N) is 1. The molecule has 0 fully saturated rings. The summed E-state index contributed by atoms with van der Waals surface area (Å²) in [6.45, 7) is 9.81. The van der Waals surface area contributed by atoms with E-state index in [9.17, 15) is 4.79 Å². The summed E-state index contributed by atoms with van der Waals surface area (Å²) in [5.41, 5.74) is 2.44. The van der Waals surface area contributed by atoms with Gasteiger partial charge in [0.15, 0.2) is 10.7 Å². The number of aromatic nitrogens is 1. The molecule has 0 aliphatic rings. The van der Waals surface area contributed by atoms with E-state index in [1.54, 1.807) is 6.92 Å². The van der Waals surface area contributed by atoms with Crippen molar-refractivity contribution in [3.8, 4) is 0 Å². The van der Waals surface area contributed by atoms with Crippen LogP contribution >= 0.6 is 11.8 Å². The second kappa shape index (κ2) is 6.06. The van der Waals surface area contributed by atoms with Crippen molar-refractivity contribution in [1.82, 2.24) is 4.98 Å². The second-order valence-corrected chi connectivity index (χ2v) is 7.30. The highest BCUT2D eigenvalue weighted by Gasteiger charge is 2.36. The summed E-state index contributed by atoms with van der Waals surface area (Å²) >= 11 is 1.32. The molecule has 1 aromatic carbocycles. The Morgan fingerprint density at radius 3 is 2.52 bits per heavy atom. The number of carbonyl (C=O) groups excluding carboxylic acids is 1. The zero-order chi connectivity index (χ0) is 15.6. The molecule has 0 radical (unpaired) electrons. The molecule has 0 aliphatic heterocycles. The highest BCUT2D eigenvalue weighted by Crippen LogP contribution is 2.37. The van der Waals surface area contributed by atoms with Crippen molar-refractivity contribution >= 4 is 28.0 Å². The molecule has 2 aromatic rings. The number of hydrogen-bond acceptors (Lipinski definition) is 4. The lowest BCUT2D eigenvalue weighted by atomic mass is 9.87. The van der Waals surface area contributed by atoms with Crippen LogP contribution < -0.4 is 0 Å². The lowest BCUT2D eigenvalue weighted by Gasteiger charge is -2.28. The Balaban J connectivity index is 2.45. The Hall–Kier alpha value is -1.55. The fourth-order valence-electron chi connectivity index (χ4n) is 2.14. The summed E-state index contributed by atoms with van der Waals surface area (Å²) in [5, 5.41) is 0.0924. The van der Waals surface area contributed by atoms with Crippen LogP contribution in [0.3, 0.4) is 0 Å². The molecule has 1 heterocycles. The summed E-state index contributed by atoms with van der Waals surface area (Å²) in [6.07, 6.45) is 2.11. The molecule has 0 saturated carbocycles. The molecule has 112 valence electrons. The quantitative estimate of drug-likeness (QED) is 0.766. The molecule has 0 N–H and O–H groups in total. The first-order valence-electron chi connectivity index (χ1n) is 6.99. The van der Waals surface area contributed by atoms with Crippen LogP contribution in [0, 0.1) is 0 Å². The molecular formula is C17H21NO2S. The third kappa shape index (κ3) is 3.56. The molecule has 4 heteroatoms. The predicted octanol–water partition coefficient (Wildman–Crippen LogP) is 4.72. The first kappa shape index (κ1) is 15.8. The summed E-state index contributed by atoms with van der Waals surface area (Å²) in [7, 11) is 0. The van der Waals surface area contributed by atoms with Crippen LogP contribution in [0.1, 0.15) is 40.5 Å². The SMILES string of the molecule is CC(=O)SC(C=C(C)C)C(C)(C)c1nc2ccccc2o1. The van der Waals surface area contributed by atoms with Crippen LogP contribution in [0.15, 0.2) is 40.3 Å². The van der Waals surface area contributed by atoms with Crippen molar-refractivity contribution in [2.75, 3.05) is 0 Å². The first-order chi connectivity index (χ1) is 9.80. The highest BCUT2D eigenvalue weighted by atomic mass is 32.2. The molecule has 1 unspecified atom stereocenters. The van der Waals surface area contributed by atoms with Crippen molar-refractivity contribution < 1.29 is 9.21 Å². The van der Waals surface area contributed by atoms with Crippen molar-refractivity contribution in [3.05, 3.63) is 41.8 Å². The van der Waals surface area contributed by atoms with Crippen molar-refractivity contribution in [1.29, 1.82) is 0 Å². The Morgan fingerprint density at radius 2 is 1.95 bits per heavy atom. The number of benzene rings is 1. The summed E-state index contributed by atoms with van der Waals surface area (Å²) < 4.78 is 5.91. The zero-order valence-electron chi connectivity index (χ0n) is 13.1. The van der Waals surface area contributed by atoms with Gasteiger partial charge in [0.2, 0.25) is 5.89 Å². The fraction of sp³-hybridized carbons (Fsp3) is 0.412. The minimum Gasteiger partial charge on any atom is -0.440 e. The second-order valence-electron chi connectivity index (χ2n) is 5.98. The number of para-hydroxylation sites is 2. The Bertz CT molecular complexity index is 648. The van der Waals surface area contributed by atoms with E-state index in [0.717, 1.165) is 11.1 Å². The highest BCUT2D eigenvalue weighted by molar-refractivity contribution is 8.14. The van der Waals surface area contributed by atoms with Gasteiger partial charge >= 0.3 is 0 Å². The molecule has 1 aromatic heterocycles. The number of thioether (sulfide) groups is 1. The smallest absolute Gasteiger partial charge is 0.202 e. The largest absolute Gasteiger partial charge is 0.440 e. The van der Waals surface area contributed by atoms with Gasteiger partial charge in [-0.15, -0.1) is 0 Å². The summed E-state index contributed by atoms with van der Waals surface area (Å²) in [6, 6.07) is 7.73. The maximum Gasteiger partial charge on any atom is 0.202 e. The fourth-order valence-corrected chi connectivity index (χ4v) is 3.23. The lowest BCUT2D eigenvalue weighted by molar-refractivity contribution is -0.109.